The van der Waals surface area contributed by atoms with Gasteiger partial charge in [-0.2, -0.15) is 0 Å². The van der Waals surface area contributed by atoms with Gasteiger partial charge in [0.15, 0.2) is 0 Å². The summed E-state index contributed by atoms with van der Waals surface area (Å²) in [6, 6.07) is 5.79. The van der Waals surface area contributed by atoms with Gasteiger partial charge < -0.3 is 29.5 Å². The number of rotatable bonds is 14. The Balaban J connectivity index is 2.55. The molecule has 0 aromatic heterocycles. The van der Waals surface area contributed by atoms with Crippen molar-refractivity contribution >= 4 is 23.9 Å². The van der Waals surface area contributed by atoms with Crippen molar-refractivity contribution in [3.63, 3.8) is 0 Å². The maximum Gasteiger partial charge on any atom is 0.339 e. The summed E-state index contributed by atoms with van der Waals surface area (Å²) in [7, 11) is 0. The minimum atomic E-state index is -1.33. The van der Waals surface area contributed by atoms with Gasteiger partial charge in [-0.05, 0) is 24.5 Å². The number of benzene rings is 1. The van der Waals surface area contributed by atoms with Crippen LogP contribution in [0.4, 0.5) is 0 Å². The molecule has 1 aromatic carbocycles. The average Bonchev–Trinajstić information content (AvgIpc) is 2.77. The van der Waals surface area contributed by atoms with Gasteiger partial charge in [-0.3, -0.25) is 9.59 Å². The van der Waals surface area contributed by atoms with Crippen LogP contribution < -0.4 is 0 Å². The van der Waals surface area contributed by atoms with Gasteiger partial charge in [0.1, 0.15) is 25.9 Å². The zero-order chi connectivity index (χ0) is 24.1. The maximum atomic E-state index is 12.4. The van der Waals surface area contributed by atoms with E-state index in [1.54, 1.807) is 0 Å². The quantitative estimate of drug-likeness (QED) is 0.278. The van der Waals surface area contributed by atoms with Crippen LogP contribution in [0.3, 0.4) is 0 Å². The van der Waals surface area contributed by atoms with Crippen molar-refractivity contribution in [3.05, 3.63) is 35.4 Å². The number of carboxylic acids is 1. The van der Waals surface area contributed by atoms with E-state index in [4.69, 9.17) is 19.3 Å². The van der Waals surface area contributed by atoms with Crippen LogP contribution in [0, 0.1) is 5.92 Å². The van der Waals surface area contributed by atoms with E-state index in [9.17, 15) is 29.4 Å². The largest absolute Gasteiger partial charge is 0.481 e. The molecule has 0 bridgehead atoms. The Hall–Kier alpha value is -2.98. The standard InChI is InChI=1S/C22H30O10/c1-3-14(2)10-15(23)11-31-21(28)17-6-4-5-7-18(17)22(29)32-13-16(24)12-30-20(27)9-8-19(25)26/h4-7,14-16,23-24H,3,8-13H2,1-2H3,(H,25,26). The fourth-order valence-corrected chi connectivity index (χ4v) is 2.56. The second kappa shape index (κ2) is 14.2. The van der Waals surface area contributed by atoms with Crippen LogP contribution in [-0.2, 0) is 23.8 Å². The third-order valence-electron chi connectivity index (χ3n) is 4.53. The molecule has 0 aliphatic carbocycles. The number of aliphatic carboxylic acids is 1. The lowest BCUT2D eigenvalue weighted by molar-refractivity contribution is -0.150. The second-order valence-electron chi connectivity index (χ2n) is 7.38. The minimum absolute atomic E-state index is 0.0529. The van der Waals surface area contributed by atoms with Gasteiger partial charge in [0.25, 0.3) is 0 Å². The molecule has 0 heterocycles. The Morgan fingerprint density at radius 1 is 0.844 bits per heavy atom. The number of carbonyl (C=O) groups excluding carboxylic acids is 3. The molecule has 0 radical (unpaired) electrons. The molecule has 0 spiro atoms. The molecule has 178 valence electrons. The summed E-state index contributed by atoms with van der Waals surface area (Å²) in [5, 5.41) is 28.3. The van der Waals surface area contributed by atoms with E-state index in [0.29, 0.717) is 6.42 Å². The lowest BCUT2D eigenvalue weighted by Crippen LogP contribution is -2.26. The molecule has 10 nitrogen and oxygen atoms in total. The number of esters is 3. The second-order valence-corrected chi connectivity index (χ2v) is 7.38. The Bertz CT molecular complexity index is 776. The van der Waals surface area contributed by atoms with Crippen molar-refractivity contribution in [2.24, 2.45) is 5.92 Å². The maximum absolute atomic E-state index is 12.4. The number of carbonyl (C=O) groups is 4. The number of hydrogen-bond donors (Lipinski definition) is 3. The van der Waals surface area contributed by atoms with Crippen LogP contribution in [0.2, 0.25) is 0 Å². The van der Waals surface area contributed by atoms with Gasteiger partial charge in [0, 0.05) is 0 Å². The molecule has 32 heavy (non-hydrogen) atoms. The zero-order valence-electron chi connectivity index (χ0n) is 18.2. The van der Waals surface area contributed by atoms with Crippen LogP contribution in [0.1, 0.15) is 60.2 Å². The lowest BCUT2D eigenvalue weighted by Gasteiger charge is -2.16. The van der Waals surface area contributed by atoms with Crippen molar-refractivity contribution in [2.45, 2.75) is 51.7 Å². The first-order chi connectivity index (χ1) is 15.1. The molecule has 0 saturated carbocycles. The van der Waals surface area contributed by atoms with Crippen LogP contribution in [0.5, 0.6) is 0 Å². The number of aliphatic hydroxyl groups is 2. The van der Waals surface area contributed by atoms with E-state index in [2.05, 4.69) is 0 Å². The third-order valence-corrected chi connectivity index (χ3v) is 4.53. The molecular weight excluding hydrogens is 424 g/mol. The van der Waals surface area contributed by atoms with Gasteiger partial charge in [-0.25, -0.2) is 9.59 Å². The van der Waals surface area contributed by atoms with Gasteiger partial charge in [0.05, 0.1) is 30.1 Å². The molecule has 0 saturated heterocycles. The van der Waals surface area contributed by atoms with E-state index in [-0.39, 0.29) is 30.1 Å². The predicted molar refractivity (Wildman–Crippen MR) is 111 cm³/mol. The van der Waals surface area contributed by atoms with E-state index in [1.807, 2.05) is 13.8 Å². The molecule has 0 fully saturated rings. The first kappa shape index (κ1) is 27.1. The summed E-state index contributed by atoms with van der Waals surface area (Å²) in [5.41, 5.74) is -0.137. The summed E-state index contributed by atoms with van der Waals surface area (Å²) in [5.74, 6) is -3.38. The number of aliphatic hydroxyl groups excluding tert-OH is 2. The zero-order valence-corrected chi connectivity index (χ0v) is 18.2. The molecule has 3 N–H and O–H groups in total. The Morgan fingerprint density at radius 2 is 1.34 bits per heavy atom. The van der Waals surface area contributed by atoms with Crippen molar-refractivity contribution < 1.29 is 48.7 Å². The highest BCUT2D eigenvalue weighted by atomic mass is 16.6. The fraction of sp³-hybridized carbons (Fsp3) is 0.545. The molecule has 3 atom stereocenters. The Kier molecular flexibility index (Phi) is 12.0. The number of carboxylic acid groups (broad SMARTS) is 1. The van der Waals surface area contributed by atoms with Crippen LogP contribution in [0.25, 0.3) is 0 Å². The highest BCUT2D eigenvalue weighted by Crippen LogP contribution is 2.14. The van der Waals surface area contributed by atoms with Crippen molar-refractivity contribution in [2.75, 3.05) is 19.8 Å². The molecular formula is C22H30O10. The molecule has 0 aliphatic heterocycles. The van der Waals surface area contributed by atoms with Gasteiger partial charge in [-0.1, -0.05) is 32.4 Å². The van der Waals surface area contributed by atoms with Crippen LogP contribution in [0.15, 0.2) is 24.3 Å². The first-order valence-electron chi connectivity index (χ1n) is 10.3. The van der Waals surface area contributed by atoms with Crippen LogP contribution >= 0.6 is 0 Å². The van der Waals surface area contributed by atoms with Gasteiger partial charge in [-0.15, -0.1) is 0 Å². The summed E-state index contributed by atoms with van der Waals surface area (Å²) >= 11 is 0. The highest BCUT2D eigenvalue weighted by molar-refractivity contribution is 6.03. The summed E-state index contributed by atoms with van der Waals surface area (Å²) < 4.78 is 14.8. The molecule has 0 aliphatic rings. The normalized spacial score (nSPS) is 13.5. The SMILES string of the molecule is CCC(C)CC(O)COC(=O)c1ccccc1C(=O)OCC(O)COC(=O)CCC(=O)O. The van der Waals surface area contributed by atoms with Crippen molar-refractivity contribution in [3.8, 4) is 0 Å². The highest BCUT2D eigenvalue weighted by Gasteiger charge is 2.21. The van der Waals surface area contributed by atoms with E-state index in [0.717, 1.165) is 6.42 Å². The predicted octanol–water partition coefficient (Wildman–Crippen LogP) is 1.57. The third kappa shape index (κ3) is 10.4. The van der Waals surface area contributed by atoms with Crippen molar-refractivity contribution in [1.82, 2.24) is 0 Å². The lowest BCUT2D eigenvalue weighted by atomic mass is 10.0. The summed E-state index contributed by atoms with van der Waals surface area (Å²) in [6.07, 6.45) is -1.53. The van der Waals surface area contributed by atoms with E-state index < -0.39 is 55.7 Å². The average molecular weight is 454 g/mol. The number of hydrogen-bond acceptors (Lipinski definition) is 9. The summed E-state index contributed by atoms with van der Waals surface area (Å²) in [6.45, 7) is 2.76. The van der Waals surface area contributed by atoms with Gasteiger partial charge >= 0.3 is 23.9 Å². The van der Waals surface area contributed by atoms with Gasteiger partial charge in [0.2, 0.25) is 0 Å². The fourth-order valence-electron chi connectivity index (χ4n) is 2.56. The van der Waals surface area contributed by atoms with E-state index >= 15 is 0 Å². The minimum Gasteiger partial charge on any atom is -0.481 e. The smallest absolute Gasteiger partial charge is 0.339 e. The molecule has 1 aromatic rings. The topological polar surface area (TPSA) is 157 Å². The summed E-state index contributed by atoms with van der Waals surface area (Å²) in [4.78, 5) is 46.5. The van der Waals surface area contributed by atoms with E-state index in [1.165, 1.54) is 24.3 Å². The van der Waals surface area contributed by atoms with Crippen molar-refractivity contribution in [1.29, 1.82) is 0 Å². The number of ether oxygens (including phenoxy) is 3. The Morgan fingerprint density at radius 3 is 1.84 bits per heavy atom. The first-order valence-corrected chi connectivity index (χ1v) is 10.3. The molecule has 3 unspecified atom stereocenters. The molecule has 10 heteroatoms. The monoisotopic (exact) mass is 454 g/mol. The Labute approximate surface area is 186 Å². The van der Waals surface area contributed by atoms with Crippen LogP contribution in [-0.4, -0.2) is 71.2 Å². The molecule has 0 amide bonds. The molecule has 1 rings (SSSR count).